The lowest BCUT2D eigenvalue weighted by Gasteiger charge is -2.41. The third-order valence-electron chi connectivity index (χ3n) is 4.29. The van der Waals surface area contributed by atoms with E-state index in [9.17, 15) is 0 Å². The van der Waals surface area contributed by atoms with E-state index in [0.717, 1.165) is 36.4 Å². The lowest BCUT2D eigenvalue weighted by molar-refractivity contribution is 0.0794. The summed E-state index contributed by atoms with van der Waals surface area (Å²) in [5, 5.41) is 0. The van der Waals surface area contributed by atoms with Crippen molar-refractivity contribution < 1.29 is 4.74 Å². The van der Waals surface area contributed by atoms with Gasteiger partial charge in [0.15, 0.2) is 0 Å². The van der Waals surface area contributed by atoms with Crippen molar-refractivity contribution in [1.29, 1.82) is 0 Å². The SMILES string of the molecule is COc1ccc(Br)cc1C(CN)N1CCN(C(C)C)CC1. The van der Waals surface area contributed by atoms with Crippen molar-refractivity contribution >= 4 is 15.9 Å². The van der Waals surface area contributed by atoms with E-state index in [2.05, 4.69) is 45.6 Å². The first-order valence-corrected chi connectivity index (χ1v) is 8.37. The second kappa shape index (κ2) is 7.58. The Bertz CT molecular complexity index is 459. The fourth-order valence-corrected chi connectivity index (χ4v) is 3.38. The average Bonchev–Trinajstić information content (AvgIpc) is 2.49. The van der Waals surface area contributed by atoms with Gasteiger partial charge in [0.25, 0.3) is 0 Å². The fourth-order valence-electron chi connectivity index (χ4n) is 3.00. The maximum absolute atomic E-state index is 6.08. The molecule has 0 aromatic heterocycles. The van der Waals surface area contributed by atoms with Crippen LogP contribution >= 0.6 is 15.9 Å². The Kier molecular flexibility index (Phi) is 6.05. The Morgan fingerprint density at radius 3 is 2.33 bits per heavy atom. The number of benzene rings is 1. The highest BCUT2D eigenvalue weighted by atomic mass is 79.9. The van der Waals surface area contributed by atoms with Gasteiger partial charge in [-0.15, -0.1) is 0 Å². The normalized spacial score (nSPS) is 19.0. The van der Waals surface area contributed by atoms with Gasteiger partial charge in [-0.3, -0.25) is 9.80 Å². The van der Waals surface area contributed by atoms with E-state index >= 15 is 0 Å². The van der Waals surface area contributed by atoms with Gasteiger partial charge in [0.1, 0.15) is 5.75 Å². The van der Waals surface area contributed by atoms with Crippen molar-refractivity contribution in [2.24, 2.45) is 5.73 Å². The molecule has 118 valence electrons. The molecule has 1 unspecified atom stereocenters. The second-order valence-electron chi connectivity index (χ2n) is 5.80. The average molecular weight is 356 g/mol. The number of ether oxygens (including phenoxy) is 1. The van der Waals surface area contributed by atoms with Crippen molar-refractivity contribution in [2.75, 3.05) is 39.8 Å². The molecule has 0 amide bonds. The molecule has 1 atom stereocenters. The van der Waals surface area contributed by atoms with Crippen molar-refractivity contribution in [1.82, 2.24) is 9.80 Å². The molecular formula is C16H26BrN3O. The molecule has 0 radical (unpaired) electrons. The third-order valence-corrected chi connectivity index (χ3v) is 4.79. The zero-order chi connectivity index (χ0) is 15.4. The Hall–Kier alpha value is -0.620. The quantitative estimate of drug-likeness (QED) is 0.880. The molecule has 1 fully saturated rings. The first-order valence-electron chi connectivity index (χ1n) is 7.58. The Labute approximate surface area is 136 Å². The van der Waals surface area contributed by atoms with Gasteiger partial charge in [-0.2, -0.15) is 0 Å². The summed E-state index contributed by atoms with van der Waals surface area (Å²) < 4.78 is 6.59. The summed E-state index contributed by atoms with van der Waals surface area (Å²) in [6.07, 6.45) is 0. The first kappa shape index (κ1) is 16.7. The highest BCUT2D eigenvalue weighted by molar-refractivity contribution is 9.10. The van der Waals surface area contributed by atoms with Gasteiger partial charge < -0.3 is 10.5 Å². The minimum Gasteiger partial charge on any atom is -0.496 e. The van der Waals surface area contributed by atoms with Crippen molar-refractivity contribution in [3.05, 3.63) is 28.2 Å². The first-order chi connectivity index (χ1) is 10.1. The number of hydrogen-bond acceptors (Lipinski definition) is 4. The zero-order valence-electron chi connectivity index (χ0n) is 13.2. The predicted octanol–water partition coefficient (Wildman–Crippen LogP) is 2.48. The number of piperazine rings is 1. The van der Waals surface area contributed by atoms with Gasteiger partial charge in [0.2, 0.25) is 0 Å². The Balaban J connectivity index is 2.15. The van der Waals surface area contributed by atoms with E-state index < -0.39 is 0 Å². The van der Waals surface area contributed by atoms with E-state index in [1.807, 2.05) is 12.1 Å². The van der Waals surface area contributed by atoms with Crippen LogP contribution in [0.1, 0.15) is 25.5 Å². The van der Waals surface area contributed by atoms with Crippen LogP contribution in [0.3, 0.4) is 0 Å². The van der Waals surface area contributed by atoms with E-state index in [1.165, 1.54) is 5.56 Å². The van der Waals surface area contributed by atoms with Crippen LogP contribution in [0.2, 0.25) is 0 Å². The number of halogens is 1. The highest BCUT2D eigenvalue weighted by Gasteiger charge is 2.27. The van der Waals surface area contributed by atoms with Gasteiger partial charge in [0.05, 0.1) is 13.2 Å². The summed E-state index contributed by atoms with van der Waals surface area (Å²) in [7, 11) is 1.72. The molecule has 2 N–H and O–H groups in total. The van der Waals surface area contributed by atoms with Gasteiger partial charge in [0, 0.05) is 48.8 Å². The van der Waals surface area contributed by atoms with Crippen LogP contribution in [-0.2, 0) is 0 Å². The highest BCUT2D eigenvalue weighted by Crippen LogP contribution is 2.32. The largest absolute Gasteiger partial charge is 0.496 e. The summed E-state index contributed by atoms with van der Waals surface area (Å²) in [5.74, 6) is 0.917. The van der Waals surface area contributed by atoms with Crippen molar-refractivity contribution in [3.63, 3.8) is 0 Å². The summed E-state index contributed by atoms with van der Waals surface area (Å²) in [6, 6.07) is 6.97. The maximum Gasteiger partial charge on any atom is 0.123 e. The lowest BCUT2D eigenvalue weighted by atomic mass is 10.0. The van der Waals surface area contributed by atoms with Crippen LogP contribution in [0.4, 0.5) is 0 Å². The zero-order valence-corrected chi connectivity index (χ0v) is 14.8. The minimum atomic E-state index is 0.215. The number of nitrogens with two attached hydrogens (primary N) is 1. The Morgan fingerprint density at radius 1 is 1.19 bits per heavy atom. The van der Waals surface area contributed by atoms with Gasteiger partial charge >= 0.3 is 0 Å². The number of nitrogens with zero attached hydrogens (tertiary/aromatic N) is 2. The number of hydrogen-bond donors (Lipinski definition) is 1. The molecule has 1 saturated heterocycles. The molecule has 1 aliphatic rings. The smallest absolute Gasteiger partial charge is 0.123 e. The van der Waals surface area contributed by atoms with Crippen LogP contribution in [0.25, 0.3) is 0 Å². The molecule has 1 aliphatic heterocycles. The molecule has 2 rings (SSSR count). The summed E-state index contributed by atoms with van der Waals surface area (Å²) in [4.78, 5) is 4.99. The fraction of sp³-hybridized carbons (Fsp3) is 0.625. The molecule has 5 heteroatoms. The molecule has 0 saturated carbocycles. The molecule has 0 bridgehead atoms. The van der Waals surface area contributed by atoms with Crippen LogP contribution < -0.4 is 10.5 Å². The number of rotatable bonds is 5. The van der Waals surface area contributed by atoms with Crippen molar-refractivity contribution in [3.8, 4) is 5.75 Å². The van der Waals surface area contributed by atoms with E-state index in [1.54, 1.807) is 7.11 Å². The molecule has 0 spiro atoms. The molecule has 0 aliphatic carbocycles. The van der Waals surface area contributed by atoms with Crippen LogP contribution in [-0.4, -0.2) is 55.7 Å². The second-order valence-corrected chi connectivity index (χ2v) is 6.72. The maximum atomic E-state index is 6.08. The number of methoxy groups -OCH3 is 1. The Morgan fingerprint density at radius 2 is 1.81 bits per heavy atom. The third kappa shape index (κ3) is 3.97. The lowest BCUT2D eigenvalue weighted by Crippen LogP contribution is -2.50. The van der Waals surface area contributed by atoms with Gasteiger partial charge in [-0.1, -0.05) is 15.9 Å². The molecule has 1 heterocycles. The van der Waals surface area contributed by atoms with Crippen LogP contribution in [0.15, 0.2) is 22.7 Å². The van der Waals surface area contributed by atoms with Crippen molar-refractivity contribution in [2.45, 2.75) is 25.9 Å². The van der Waals surface area contributed by atoms with Gasteiger partial charge in [-0.05, 0) is 32.0 Å². The topological polar surface area (TPSA) is 41.7 Å². The van der Waals surface area contributed by atoms with E-state index in [0.29, 0.717) is 12.6 Å². The monoisotopic (exact) mass is 355 g/mol. The summed E-state index contributed by atoms with van der Waals surface area (Å²) in [6.45, 7) is 9.43. The molecule has 21 heavy (non-hydrogen) atoms. The van der Waals surface area contributed by atoms with E-state index in [4.69, 9.17) is 10.5 Å². The van der Waals surface area contributed by atoms with E-state index in [-0.39, 0.29) is 6.04 Å². The molecule has 1 aromatic carbocycles. The molecular weight excluding hydrogens is 330 g/mol. The standard InChI is InChI=1S/C16H26BrN3O/c1-12(2)19-6-8-20(9-7-19)15(11-18)14-10-13(17)4-5-16(14)21-3/h4-5,10,12,15H,6-9,11,18H2,1-3H3. The summed E-state index contributed by atoms with van der Waals surface area (Å²) in [5.41, 5.74) is 7.25. The molecule has 4 nitrogen and oxygen atoms in total. The molecule has 1 aromatic rings. The summed E-state index contributed by atoms with van der Waals surface area (Å²) >= 11 is 3.55. The predicted molar refractivity (Wildman–Crippen MR) is 90.8 cm³/mol. The van der Waals surface area contributed by atoms with Gasteiger partial charge in [-0.25, -0.2) is 0 Å². The van der Waals surface area contributed by atoms with Crippen LogP contribution in [0, 0.1) is 0 Å². The van der Waals surface area contributed by atoms with Crippen LogP contribution in [0.5, 0.6) is 5.75 Å². The minimum absolute atomic E-state index is 0.215.